The second kappa shape index (κ2) is 8.05. The molecule has 1 N–H and O–H groups in total. The summed E-state index contributed by atoms with van der Waals surface area (Å²) in [5.74, 6) is 3.48. The number of rotatable bonds is 7. The summed E-state index contributed by atoms with van der Waals surface area (Å²) in [5, 5.41) is 3.56. The van der Waals surface area contributed by atoms with Crippen molar-refractivity contribution in [1.29, 1.82) is 0 Å². The van der Waals surface area contributed by atoms with Gasteiger partial charge in [0.2, 0.25) is 0 Å². The van der Waals surface area contributed by atoms with Gasteiger partial charge < -0.3 is 10.1 Å². The number of thioether (sulfide) groups is 1. The molecule has 0 amide bonds. The molecule has 0 spiro atoms. The number of nitrogens with one attached hydrogen (secondary N) is 1. The van der Waals surface area contributed by atoms with Crippen LogP contribution in [0.5, 0.6) is 0 Å². The molecule has 1 rings (SSSR count). The van der Waals surface area contributed by atoms with Crippen LogP contribution in [0.15, 0.2) is 11.8 Å². The third-order valence-corrected chi connectivity index (χ3v) is 3.41. The highest BCUT2D eigenvalue weighted by Gasteiger charge is 2.16. The Morgan fingerprint density at radius 3 is 3.00 bits per heavy atom. The second-order valence-corrected chi connectivity index (χ2v) is 5.08. The van der Waals surface area contributed by atoms with Gasteiger partial charge in [-0.15, -0.1) is 0 Å². The van der Waals surface area contributed by atoms with Gasteiger partial charge in [-0.25, -0.2) is 0 Å². The fraction of sp³-hybridized carbons (Fsp3) is 0.833. The number of hydrogen-bond acceptors (Lipinski definition) is 3. The Balaban J connectivity index is 2.41. The quantitative estimate of drug-likeness (QED) is 0.725. The van der Waals surface area contributed by atoms with Crippen molar-refractivity contribution in [2.75, 3.05) is 24.7 Å². The maximum absolute atomic E-state index is 5.72. The summed E-state index contributed by atoms with van der Waals surface area (Å²) in [5.41, 5.74) is 0. The maximum Gasteiger partial charge on any atom is 0.110 e. The fourth-order valence-electron chi connectivity index (χ4n) is 1.62. The van der Waals surface area contributed by atoms with E-state index in [-0.39, 0.29) is 0 Å². The molecule has 0 aromatic rings. The van der Waals surface area contributed by atoms with Crippen LogP contribution < -0.4 is 5.32 Å². The minimum atomic E-state index is 0.426. The summed E-state index contributed by atoms with van der Waals surface area (Å²) in [6.45, 7) is 6.38. The van der Waals surface area contributed by atoms with Gasteiger partial charge in [0.25, 0.3) is 0 Å². The van der Waals surface area contributed by atoms with E-state index in [1.165, 1.54) is 30.8 Å². The molecule has 15 heavy (non-hydrogen) atoms. The molecule has 1 heterocycles. The molecule has 1 atom stereocenters. The monoisotopic (exact) mass is 229 g/mol. The lowest BCUT2D eigenvalue weighted by molar-refractivity contribution is 0.172. The van der Waals surface area contributed by atoms with Crippen LogP contribution >= 0.6 is 11.8 Å². The van der Waals surface area contributed by atoms with E-state index in [0.29, 0.717) is 6.04 Å². The molecule has 0 aromatic carbocycles. The Hall–Kier alpha value is -0.150. The molecular weight excluding hydrogens is 206 g/mol. The molecule has 88 valence electrons. The standard InChI is InChI=1S/C12H23NOS/c1-3-8-13-11(10-15-4-2)12-7-5-6-9-14-12/h7,11,13H,3-6,8-10H2,1-2H3. The molecule has 0 saturated heterocycles. The van der Waals surface area contributed by atoms with Crippen LogP contribution in [-0.2, 0) is 4.74 Å². The predicted molar refractivity (Wildman–Crippen MR) is 68.3 cm³/mol. The van der Waals surface area contributed by atoms with Crippen molar-refractivity contribution in [3.8, 4) is 0 Å². The average Bonchev–Trinajstić information content (AvgIpc) is 2.30. The Morgan fingerprint density at radius 2 is 2.40 bits per heavy atom. The largest absolute Gasteiger partial charge is 0.497 e. The highest BCUT2D eigenvalue weighted by Crippen LogP contribution is 2.17. The first-order valence-electron chi connectivity index (χ1n) is 6.02. The van der Waals surface area contributed by atoms with E-state index >= 15 is 0 Å². The minimum Gasteiger partial charge on any atom is -0.497 e. The fourth-order valence-corrected chi connectivity index (χ4v) is 2.37. The molecule has 0 aromatic heterocycles. The van der Waals surface area contributed by atoms with E-state index in [0.717, 1.165) is 18.9 Å². The summed E-state index contributed by atoms with van der Waals surface area (Å²) < 4.78 is 5.72. The SMILES string of the molecule is CCCNC(CSCC)C1=CCCCO1. The topological polar surface area (TPSA) is 21.3 Å². The van der Waals surface area contributed by atoms with Crippen molar-refractivity contribution in [1.82, 2.24) is 5.32 Å². The van der Waals surface area contributed by atoms with Crippen LogP contribution in [0.25, 0.3) is 0 Å². The van der Waals surface area contributed by atoms with Gasteiger partial charge in [-0.2, -0.15) is 11.8 Å². The van der Waals surface area contributed by atoms with E-state index in [9.17, 15) is 0 Å². The zero-order valence-electron chi connectivity index (χ0n) is 9.92. The van der Waals surface area contributed by atoms with E-state index in [1.54, 1.807) is 0 Å². The highest BCUT2D eigenvalue weighted by atomic mass is 32.2. The lowest BCUT2D eigenvalue weighted by Crippen LogP contribution is -2.35. The van der Waals surface area contributed by atoms with Gasteiger partial charge in [0.05, 0.1) is 12.6 Å². The molecule has 2 nitrogen and oxygen atoms in total. The molecule has 1 aliphatic heterocycles. The molecule has 0 fully saturated rings. The summed E-state index contributed by atoms with van der Waals surface area (Å²) in [6, 6.07) is 0.426. The van der Waals surface area contributed by atoms with E-state index in [1.807, 2.05) is 11.8 Å². The molecule has 0 bridgehead atoms. The molecular formula is C12H23NOS. The summed E-state index contributed by atoms with van der Waals surface area (Å²) >= 11 is 1.98. The van der Waals surface area contributed by atoms with Gasteiger partial charge in [0.1, 0.15) is 5.76 Å². The van der Waals surface area contributed by atoms with Crippen LogP contribution in [0.2, 0.25) is 0 Å². The van der Waals surface area contributed by atoms with Gasteiger partial charge in [0.15, 0.2) is 0 Å². The number of hydrogen-bond donors (Lipinski definition) is 1. The van der Waals surface area contributed by atoms with Gasteiger partial charge in [-0.05, 0) is 37.6 Å². The summed E-state index contributed by atoms with van der Waals surface area (Å²) in [4.78, 5) is 0. The van der Waals surface area contributed by atoms with Gasteiger partial charge in [-0.1, -0.05) is 13.8 Å². The third-order valence-electron chi connectivity index (χ3n) is 2.44. The van der Waals surface area contributed by atoms with Gasteiger partial charge in [0, 0.05) is 5.75 Å². The zero-order chi connectivity index (χ0) is 10.9. The van der Waals surface area contributed by atoms with Crippen molar-refractivity contribution in [2.24, 2.45) is 0 Å². The lowest BCUT2D eigenvalue weighted by Gasteiger charge is -2.24. The third kappa shape index (κ3) is 4.94. The Bertz CT molecular complexity index is 186. The Kier molecular flexibility index (Phi) is 6.94. The average molecular weight is 229 g/mol. The van der Waals surface area contributed by atoms with Crippen molar-refractivity contribution >= 4 is 11.8 Å². The van der Waals surface area contributed by atoms with Gasteiger partial charge >= 0.3 is 0 Å². The molecule has 0 radical (unpaired) electrons. The number of allylic oxidation sites excluding steroid dienone is 1. The highest BCUT2D eigenvalue weighted by molar-refractivity contribution is 7.99. The molecule has 3 heteroatoms. The maximum atomic E-state index is 5.72. The normalized spacial score (nSPS) is 18.1. The predicted octanol–water partition coefficient (Wildman–Crippen LogP) is 2.80. The first kappa shape index (κ1) is 12.9. The minimum absolute atomic E-state index is 0.426. The Morgan fingerprint density at radius 1 is 1.53 bits per heavy atom. The van der Waals surface area contributed by atoms with Crippen LogP contribution in [0.3, 0.4) is 0 Å². The first-order valence-corrected chi connectivity index (χ1v) is 7.18. The van der Waals surface area contributed by atoms with Crippen LogP contribution in [-0.4, -0.2) is 30.7 Å². The smallest absolute Gasteiger partial charge is 0.110 e. The lowest BCUT2D eigenvalue weighted by atomic mass is 10.1. The van der Waals surface area contributed by atoms with Crippen LogP contribution in [0.4, 0.5) is 0 Å². The van der Waals surface area contributed by atoms with Crippen molar-refractivity contribution in [2.45, 2.75) is 39.2 Å². The zero-order valence-corrected chi connectivity index (χ0v) is 10.7. The van der Waals surface area contributed by atoms with E-state index in [2.05, 4.69) is 25.2 Å². The van der Waals surface area contributed by atoms with Crippen molar-refractivity contribution in [3.05, 3.63) is 11.8 Å². The molecule has 0 saturated carbocycles. The van der Waals surface area contributed by atoms with E-state index in [4.69, 9.17) is 4.74 Å². The Labute approximate surface area is 97.8 Å². The van der Waals surface area contributed by atoms with E-state index < -0.39 is 0 Å². The van der Waals surface area contributed by atoms with Crippen molar-refractivity contribution in [3.63, 3.8) is 0 Å². The summed E-state index contributed by atoms with van der Waals surface area (Å²) in [7, 11) is 0. The molecule has 1 unspecified atom stereocenters. The summed E-state index contributed by atoms with van der Waals surface area (Å²) in [6.07, 6.45) is 5.79. The van der Waals surface area contributed by atoms with Crippen molar-refractivity contribution < 1.29 is 4.74 Å². The molecule has 0 aliphatic carbocycles. The first-order chi connectivity index (χ1) is 7.38. The van der Waals surface area contributed by atoms with Crippen LogP contribution in [0.1, 0.15) is 33.1 Å². The second-order valence-electron chi connectivity index (χ2n) is 3.76. The molecule has 1 aliphatic rings. The van der Waals surface area contributed by atoms with Gasteiger partial charge in [-0.3, -0.25) is 0 Å². The number of ether oxygens (including phenoxy) is 1. The van der Waals surface area contributed by atoms with Crippen LogP contribution in [0, 0.1) is 0 Å².